The number of hydrogen-bond donors (Lipinski definition) is 1. The molecule has 0 aromatic heterocycles. The third-order valence-corrected chi connectivity index (χ3v) is 2.42. The molecule has 0 saturated carbocycles. The van der Waals surface area contributed by atoms with Gasteiger partial charge in [0.25, 0.3) is 0 Å². The van der Waals surface area contributed by atoms with Gasteiger partial charge in [-0.1, -0.05) is 13.8 Å². The van der Waals surface area contributed by atoms with Gasteiger partial charge in [0.05, 0.1) is 27.4 Å². The lowest BCUT2D eigenvalue weighted by atomic mass is 9.96. The van der Waals surface area contributed by atoms with E-state index in [0.29, 0.717) is 23.9 Å². The molecule has 17 heavy (non-hydrogen) atoms. The Morgan fingerprint density at radius 1 is 1.12 bits per heavy atom. The van der Waals surface area contributed by atoms with Crippen LogP contribution >= 0.6 is 0 Å². The van der Waals surface area contributed by atoms with Gasteiger partial charge in [-0.25, -0.2) is 0 Å². The summed E-state index contributed by atoms with van der Waals surface area (Å²) in [4.78, 5) is 0. The fourth-order valence-electron chi connectivity index (χ4n) is 1.22. The Hall–Kier alpha value is -1.42. The van der Waals surface area contributed by atoms with Gasteiger partial charge in [-0.15, -0.1) is 0 Å². The Bertz CT molecular complexity index is 360. The van der Waals surface area contributed by atoms with Crippen LogP contribution in [0.4, 0.5) is 0 Å². The van der Waals surface area contributed by atoms with Crippen LogP contribution in [0.5, 0.6) is 17.2 Å². The highest BCUT2D eigenvalue weighted by atomic mass is 16.5. The van der Waals surface area contributed by atoms with Crippen LogP contribution in [-0.2, 0) is 0 Å². The van der Waals surface area contributed by atoms with E-state index in [9.17, 15) is 0 Å². The summed E-state index contributed by atoms with van der Waals surface area (Å²) in [6.07, 6.45) is 0. The van der Waals surface area contributed by atoms with Crippen LogP contribution in [0.3, 0.4) is 0 Å². The average Bonchev–Trinajstić information content (AvgIpc) is 2.36. The molecule has 0 heterocycles. The van der Waals surface area contributed by atoms with Crippen molar-refractivity contribution in [3.8, 4) is 17.2 Å². The second kappa shape index (κ2) is 5.77. The van der Waals surface area contributed by atoms with Crippen LogP contribution in [0.1, 0.15) is 13.8 Å². The van der Waals surface area contributed by atoms with Crippen LogP contribution in [0, 0.1) is 5.41 Å². The summed E-state index contributed by atoms with van der Waals surface area (Å²) in [5.41, 5.74) is -0.284. The lowest BCUT2D eigenvalue weighted by Crippen LogP contribution is -2.25. The fraction of sp³-hybridized carbons (Fsp3) is 0.538. The van der Waals surface area contributed by atoms with E-state index in [1.54, 1.807) is 26.4 Å². The van der Waals surface area contributed by atoms with Crippen molar-refractivity contribution in [1.82, 2.24) is 0 Å². The predicted molar refractivity (Wildman–Crippen MR) is 65.9 cm³/mol. The summed E-state index contributed by atoms with van der Waals surface area (Å²) in [5, 5.41) is 9.16. The molecule has 0 unspecified atom stereocenters. The third-order valence-electron chi connectivity index (χ3n) is 2.42. The first-order valence-corrected chi connectivity index (χ1v) is 5.48. The molecule has 4 heteroatoms. The Labute approximate surface area is 102 Å². The second-order valence-electron chi connectivity index (χ2n) is 4.63. The molecule has 1 aromatic carbocycles. The van der Waals surface area contributed by atoms with Crippen LogP contribution in [0.25, 0.3) is 0 Å². The lowest BCUT2D eigenvalue weighted by Gasteiger charge is -2.22. The van der Waals surface area contributed by atoms with Crippen molar-refractivity contribution in [3.63, 3.8) is 0 Å². The Balaban J connectivity index is 2.81. The second-order valence-corrected chi connectivity index (χ2v) is 4.63. The highest BCUT2D eigenvalue weighted by Gasteiger charge is 2.18. The molecule has 1 N–H and O–H groups in total. The number of rotatable bonds is 6. The molecule has 0 radical (unpaired) electrons. The third kappa shape index (κ3) is 3.82. The molecule has 0 spiro atoms. The summed E-state index contributed by atoms with van der Waals surface area (Å²) in [7, 11) is 3.19. The number of hydrogen-bond acceptors (Lipinski definition) is 4. The van der Waals surface area contributed by atoms with Gasteiger partial charge < -0.3 is 19.3 Å². The Kier molecular flexibility index (Phi) is 4.63. The molecular weight excluding hydrogens is 220 g/mol. The molecule has 4 nitrogen and oxygen atoms in total. The van der Waals surface area contributed by atoms with Gasteiger partial charge in [-0.3, -0.25) is 0 Å². The minimum atomic E-state index is -0.284. The zero-order valence-electron chi connectivity index (χ0n) is 10.8. The Morgan fingerprint density at radius 3 is 2.35 bits per heavy atom. The minimum absolute atomic E-state index is 0.0687. The largest absolute Gasteiger partial charge is 0.497 e. The molecule has 1 aromatic rings. The van der Waals surface area contributed by atoms with Crippen molar-refractivity contribution in [3.05, 3.63) is 18.2 Å². The van der Waals surface area contributed by atoms with E-state index in [0.717, 1.165) is 0 Å². The maximum absolute atomic E-state index is 9.16. The lowest BCUT2D eigenvalue weighted by molar-refractivity contribution is 0.0957. The summed E-state index contributed by atoms with van der Waals surface area (Å²) in [6, 6.07) is 5.37. The van der Waals surface area contributed by atoms with Crippen LogP contribution in [-0.4, -0.2) is 32.5 Å². The van der Waals surface area contributed by atoms with E-state index < -0.39 is 0 Å². The summed E-state index contributed by atoms with van der Waals surface area (Å²) in [5.74, 6) is 1.98. The molecular formula is C13H20O4. The van der Waals surface area contributed by atoms with E-state index in [1.807, 2.05) is 19.9 Å². The molecule has 0 aliphatic heterocycles. The monoisotopic (exact) mass is 240 g/mol. The highest BCUT2D eigenvalue weighted by Crippen LogP contribution is 2.32. The smallest absolute Gasteiger partial charge is 0.164 e. The highest BCUT2D eigenvalue weighted by molar-refractivity contribution is 5.45. The molecule has 0 bridgehead atoms. The quantitative estimate of drug-likeness (QED) is 0.827. The topological polar surface area (TPSA) is 47.9 Å². The minimum Gasteiger partial charge on any atom is -0.497 e. The number of benzene rings is 1. The number of methoxy groups -OCH3 is 2. The fourth-order valence-corrected chi connectivity index (χ4v) is 1.22. The van der Waals surface area contributed by atoms with E-state index in [2.05, 4.69) is 0 Å². The predicted octanol–water partition coefficient (Wildman–Crippen LogP) is 2.10. The average molecular weight is 240 g/mol. The van der Waals surface area contributed by atoms with E-state index in [1.165, 1.54) is 0 Å². The van der Waals surface area contributed by atoms with Crippen LogP contribution < -0.4 is 14.2 Å². The maximum Gasteiger partial charge on any atom is 0.164 e. The first-order chi connectivity index (χ1) is 8.02. The van der Waals surface area contributed by atoms with E-state index in [-0.39, 0.29) is 12.0 Å². The van der Waals surface area contributed by atoms with Crippen LogP contribution in [0.2, 0.25) is 0 Å². The zero-order chi connectivity index (χ0) is 12.9. The van der Waals surface area contributed by atoms with E-state index in [4.69, 9.17) is 19.3 Å². The molecule has 0 saturated heterocycles. The number of ether oxygens (including phenoxy) is 3. The Morgan fingerprint density at radius 2 is 1.82 bits per heavy atom. The van der Waals surface area contributed by atoms with Gasteiger partial charge in [-0.05, 0) is 12.1 Å². The summed E-state index contributed by atoms with van der Waals surface area (Å²) in [6.45, 7) is 4.34. The van der Waals surface area contributed by atoms with Crippen molar-refractivity contribution in [2.45, 2.75) is 13.8 Å². The standard InChI is InChI=1S/C13H20O4/c1-13(2,8-14)9-17-12-7-10(15-3)5-6-11(12)16-4/h5-7,14H,8-9H2,1-4H3. The van der Waals surface area contributed by atoms with Gasteiger partial charge in [-0.2, -0.15) is 0 Å². The first-order valence-electron chi connectivity index (χ1n) is 5.48. The number of aliphatic hydroxyl groups is 1. The van der Waals surface area contributed by atoms with Crippen molar-refractivity contribution < 1.29 is 19.3 Å². The van der Waals surface area contributed by atoms with Gasteiger partial charge in [0, 0.05) is 11.5 Å². The SMILES string of the molecule is COc1ccc(OC)c(OCC(C)(C)CO)c1. The molecule has 0 fully saturated rings. The summed E-state index contributed by atoms with van der Waals surface area (Å²) < 4.78 is 16.0. The van der Waals surface area contributed by atoms with Crippen molar-refractivity contribution >= 4 is 0 Å². The first kappa shape index (κ1) is 13.6. The molecule has 0 aliphatic rings. The molecule has 1 rings (SSSR count). The van der Waals surface area contributed by atoms with Crippen LogP contribution in [0.15, 0.2) is 18.2 Å². The zero-order valence-corrected chi connectivity index (χ0v) is 10.8. The van der Waals surface area contributed by atoms with Gasteiger partial charge in [0.15, 0.2) is 11.5 Å². The van der Waals surface area contributed by atoms with Gasteiger partial charge in [0.2, 0.25) is 0 Å². The molecule has 0 atom stereocenters. The molecule has 0 amide bonds. The maximum atomic E-state index is 9.16. The van der Waals surface area contributed by atoms with Crippen molar-refractivity contribution in [2.24, 2.45) is 5.41 Å². The van der Waals surface area contributed by atoms with Gasteiger partial charge >= 0.3 is 0 Å². The van der Waals surface area contributed by atoms with Crippen molar-refractivity contribution in [1.29, 1.82) is 0 Å². The molecule has 96 valence electrons. The molecule has 0 aliphatic carbocycles. The summed E-state index contributed by atoms with van der Waals surface area (Å²) >= 11 is 0. The van der Waals surface area contributed by atoms with E-state index >= 15 is 0 Å². The van der Waals surface area contributed by atoms with Crippen molar-refractivity contribution in [2.75, 3.05) is 27.4 Å². The normalized spacial score (nSPS) is 11.1. The van der Waals surface area contributed by atoms with Gasteiger partial charge in [0.1, 0.15) is 5.75 Å². The number of aliphatic hydroxyl groups excluding tert-OH is 1.